The highest BCUT2D eigenvalue weighted by molar-refractivity contribution is 7.22. The van der Waals surface area contributed by atoms with Crippen molar-refractivity contribution in [2.45, 2.75) is 12.5 Å². The molecule has 2 aromatic carbocycles. The molecule has 0 aliphatic rings. The van der Waals surface area contributed by atoms with Gasteiger partial charge in [0.15, 0.2) is 5.13 Å². The van der Waals surface area contributed by atoms with E-state index in [1.54, 1.807) is 30.8 Å². The van der Waals surface area contributed by atoms with Crippen molar-refractivity contribution in [2.75, 3.05) is 19.0 Å². The van der Waals surface area contributed by atoms with Crippen LogP contribution in [0.4, 0.5) is 5.13 Å². The van der Waals surface area contributed by atoms with E-state index in [-0.39, 0.29) is 12.6 Å². The van der Waals surface area contributed by atoms with Gasteiger partial charge in [-0.25, -0.2) is 4.98 Å². The van der Waals surface area contributed by atoms with E-state index < -0.39 is 0 Å². The second kappa shape index (κ2) is 8.37. The zero-order valence-electron chi connectivity index (χ0n) is 15.5. The maximum absolute atomic E-state index is 9.51. The number of aromatic nitrogens is 2. The van der Waals surface area contributed by atoms with E-state index in [1.165, 1.54) is 0 Å². The number of fused-ring (bicyclic) bond motifs is 1. The lowest BCUT2D eigenvalue weighted by atomic mass is 10.0. The van der Waals surface area contributed by atoms with Crippen LogP contribution in [0.5, 0.6) is 5.75 Å². The molecule has 4 aromatic rings. The van der Waals surface area contributed by atoms with Gasteiger partial charge >= 0.3 is 0 Å². The summed E-state index contributed by atoms with van der Waals surface area (Å²) in [4.78, 5) is 8.80. The number of ether oxygens (including phenoxy) is 1. The average molecular weight is 391 g/mol. The van der Waals surface area contributed by atoms with E-state index in [4.69, 9.17) is 9.72 Å². The van der Waals surface area contributed by atoms with E-state index in [0.717, 1.165) is 37.8 Å². The molecule has 0 aliphatic heterocycles. The Morgan fingerprint density at radius 3 is 2.71 bits per heavy atom. The quantitative estimate of drug-likeness (QED) is 0.469. The van der Waals surface area contributed by atoms with Crippen LogP contribution < -0.4 is 10.1 Å². The Labute approximate surface area is 167 Å². The normalized spacial score (nSPS) is 12.1. The van der Waals surface area contributed by atoms with E-state index in [9.17, 15) is 5.11 Å². The number of anilines is 1. The summed E-state index contributed by atoms with van der Waals surface area (Å²) in [6.45, 7) is 0.0892. The fraction of sp³-hybridized carbons (Fsp3) is 0.182. The van der Waals surface area contributed by atoms with E-state index >= 15 is 0 Å². The zero-order valence-corrected chi connectivity index (χ0v) is 16.3. The van der Waals surface area contributed by atoms with Crippen molar-refractivity contribution in [3.05, 3.63) is 72.6 Å². The highest BCUT2D eigenvalue weighted by Gasteiger charge is 2.14. The first kappa shape index (κ1) is 18.4. The van der Waals surface area contributed by atoms with Gasteiger partial charge in [0.1, 0.15) is 5.75 Å². The van der Waals surface area contributed by atoms with Crippen LogP contribution in [0.3, 0.4) is 0 Å². The number of hydrogen-bond acceptors (Lipinski definition) is 6. The number of benzene rings is 2. The van der Waals surface area contributed by atoms with Crippen LogP contribution in [0, 0.1) is 0 Å². The number of methoxy groups -OCH3 is 1. The highest BCUT2D eigenvalue weighted by atomic mass is 32.1. The minimum absolute atomic E-state index is 0.0414. The van der Waals surface area contributed by atoms with Crippen molar-refractivity contribution in [1.82, 2.24) is 9.97 Å². The number of rotatable bonds is 7. The number of pyridine rings is 1. The van der Waals surface area contributed by atoms with Gasteiger partial charge in [-0.15, -0.1) is 0 Å². The Morgan fingerprint density at radius 2 is 1.93 bits per heavy atom. The molecule has 0 saturated carbocycles. The van der Waals surface area contributed by atoms with E-state index in [1.807, 2.05) is 42.5 Å². The predicted octanol–water partition coefficient (Wildman–Crippen LogP) is 4.90. The molecule has 1 unspecified atom stereocenters. The molecule has 0 saturated heterocycles. The largest absolute Gasteiger partial charge is 0.497 e. The van der Waals surface area contributed by atoms with Gasteiger partial charge in [0.05, 0.1) is 23.4 Å². The lowest BCUT2D eigenvalue weighted by Crippen LogP contribution is -2.12. The van der Waals surface area contributed by atoms with Gasteiger partial charge in [0.25, 0.3) is 0 Å². The molecule has 0 bridgehead atoms. The molecule has 4 rings (SSSR count). The summed E-state index contributed by atoms with van der Waals surface area (Å²) >= 11 is 1.61. The van der Waals surface area contributed by atoms with Gasteiger partial charge in [0.2, 0.25) is 0 Å². The first-order valence-corrected chi connectivity index (χ1v) is 9.91. The van der Waals surface area contributed by atoms with Gasteiger partial charge in [-0.2, -0.15) is 0 Å². The Hall–Kier alpha value is -2.96. The van der Waals surface area contributed by atoms with Gasteiger partial charge in [-0.3, -0.25) is 4.98 Å². The molecule has 0 amide bonds. The van der Waals surface area contributed by atoms with Crippen LogP contribution in [-0.2, 0) is 0 Å². The fourth-order valence-electron chi connectivity index (χ4n) is 3.17. The molecule has 0 radical (unpaired) electrons. The van der Waals surface area contributed by atoms with Crippen LogP contribution in [0.2, 0.25) is 0 Å². The summed E-state index contributed by atoms with van der Waals surface area (Å²) in [5.41, 5.74) is 4.29. The minimum atomic E-state index is -0.0414. The first-order chi connectivity index (χ1) is 13.8. The molecule has 2 aromatic heterocycles. The molecule has 0 aliphatic carbocycles. The lowest BCUT2D eigenvalue weighted by molar-refractivity contribution is 0.280. The van der Waals surface area contributed by atoms with E-state index in [2.05, 4.69) is 22.4 Å². The third-order valence-corrected chi connectivity index (χ3v) is 5.56. The van der Waals surface area contributed by atoms with Crippen molar-refractivity contribution in [3.8, 4) is 16.9 Å². The predicted molar refractivity (Wildman–Crippen MR) is 114 cm³/mol. The third kappa shape index (κ3) is 3.98. The number of nitrogens with zero attached hydrogens (tertiary/aromatic N) is 2. The standard InChI is InChI=1S/C22H21N3O2S/c1-27-18-4-2-3-17(13-18)19(9-12-26)24-22-25-20-6-5-16(14-21(20)28-22)15-7-10-23-11-8-15/h2-8,10-11,13-14,19,26H,9,12H2,1H3,(H,24,25). The summed E-state index contributed by atoms with van der Waals surface area (Å²) in [5.74, 6) is 0.800. The number of aliphatic hydroxyl groups is 1. The lowest BCUT2D eigenvalue weighted by Gasteiger charge is -2.18. The summed E-state index contributed by atoms with van der Waals surface area (Å²) in [6, 6.07) is 18.1. The Morgan fingerprint density at radius 1 is 1.07 bits per heavy atom. The molecule has 1 atom stereocenters. The van der Waals surface area contributed by atoms with Gasteiger partial charge in [-0.1, -0.05) is 29.5 Å². The van der Waals surface area contributed by atoms with Crippen LogP contribution >= 0.6 is 11.3 Å². The third-order valence-electron chi connectivity index (χ3n) is 4.61. The SMILES string of the molecule is COc1cccc(C(CCO)Nc2nc3ccc(-c4ccncc4)cc3s2)c1. The van der Waals surface area contributed by atoms with Crippen molar-refractivity contribution >= 4 is 26.7 Å². The molecule has 6 heteroatoms. The molecule has 2 heterocycles. The number of aliphatic hydroxyl groups excluding tert-OH is 1. The van der Waals surface area contributed by atoms with Crippen LogP contribution in [-0.4, -0.2) is 28.8 Å². The van der Waals surface area contributed by atoms with Crippen LogP contribution in [0.1, 0.15) is 18.0 Å². The number of thiazole rings is 1. The molecule has 0 spiro atoms. The molecule has 0 fully saturated rings. The van der Waals surface area contributed by atoms with Crippen LogP contribution in [0.25, 0.3) is 21.3 Å². The maximum Gasteiger partial charge on any atom is 0.184 e. The van der Waals surface area contributed by atoms with Crippen molar-refractivity contribution < 1.29 is 9.84 Å². The minimum Gasteiger partial charge on any atom is -0.497 e. The molecule has 2 N–H and O–H groups in total. The zero-order chi connectivity index (χ0) is 19.3. The first-order valence-electron chi connectivity index (χ1n) is 9.09. The molecule has 28 heavy (non-hydrogen) atoms. The topological polar surface area (TPSA) is 67.3 Å². The average Bonchev–Trinajstić information content (AvgIpc) is 3.15. The van der Waals surface area contributed by atoms with Crippen LogP contribution in [0.15, 0.2) is 67.0 Å². The molecular formula is C22H21N3O2S. The fourth-order valence-corrected chi connectivity index (χ4v) is 4.13. The summed E-state index contributed by atoms with van der Waals surface area (Å²) < 4.78 is 6.44. The summed E-state index contributed by atoms with van der Waals surface area (Å²) in [5, 5.41) is 13.8. The van der Waals surface area contributed by atoms with Crippen molar-refractivity contribution in [2.24, 2.45) is 0 Å². The highest BCUT2D eigenvalue weighted by Crippen LogP contribution is 2.33. The van der Waals surface area contributed by atoms with Gasteiger partial charge in [0, 0.05) is 19.0 Å². The molecule has 5 nitrogen and oxygen atoms in total. The number of nitrogens with one attached hydrogen (secondary N) is 1. The maximum atomic E-state index is 9.51. The number of hydrogen-bond donors (Lipinski definition) is 2. The monoisotopic (exact) mass is 391 g/mol. The second-order valence-corrected chi connectivity index (χ2v) is 7.45. The Balaban J connectivity index is 1.62. The molecule has 142 valence electrons. The van der Waals surface area contributed by atoms with Crippen molar-refractivity contribution in [3.63, 3.8) is 0 Å². The Bertz CT molecular complexity index is 1070. The van der Waals surface area contributed by atoms with Gasteiger partial charge in [-0.05, 0) is 59.5 Å². The second-order valence-electron chi connectivity index (χ2n) is 6.42. The van der Waals surface area contributed by atoms with Crippen molar-refractivity contribution in [1.29, 1.82) is 0 Å². The Kier molecular flexibility index (Phi) is 5.50. The summed E-state index contributed by atoms with van der Waals surface area (Å²) in [7, 11) is 1.65. The van der Waals surface area contributed by atoms with E-state index in [0.29, 0.717) is 6.42 Å². The molecular weight excluding hydrogens is 370 g/mol. The smallest absolute Gasteiger partial charge is 0.184 e. The van der Waals surface area contributed by atoms with Gasteiger partial charge < -0.3 is 15.2 Å². The summed E-state index contributed by atoms with van der Waals surface area (Å²) in [6.07, 6.45) is 4.19.